The van der Waals surface area contributed by atoms with Crippen LogP contribution >= 0.6 is 0 Å². The molecule has 0 amide bonds. The Kier molecular flexibility index (Phi) is 3.84. The van der Waals surface area contributed by atoms with Gasteiger partial charge >= 0.3 is 0 Å². The predicted octanol–water partition coefficient (Wildman–Crippen LogP) is 1.67. The van der Waals surface area contributed by atoms with E-state index in [-0.39, 0.29) is 0 Å². The summed E-state index contributed by atoms with van der Waals surface area (Å²) < 4.78 is 7.34. The number of hydrogen-bond acceptors (Lipinski definition) is 3. The van der Waals surface area contributed by atoms with Gasteiger partial charge in [-0.25, -0.2) is 4.98 Å². The number of aryl methyl sites for hydroxylation is 2. The fourth-order valence-corrected chi connectivity index (χ4v) is 2.60. The smallest absolute Gasteiger partial charge is 0.108 e. The molecular weight excluding hydrogens is 216 g/mol. The summed E-state index contributed by atoms with van der Waals surface area (Å²) in [6.45, 7) is 0. The van der Waals surface area contributed by atoms with Gasteiger partial charge in [-0.15, -0.1) is 0 Å². The maximum atomic E-state index is 10.5. The molecule has 96 valence electrons. The first-order valence-electron chi connectivity index (χ1n) is 6.34. The Morgan fingerprint density at radius 1 is 1.53 bits per heavy atom. The van der Waals surface area contributed by atoms with Crippen molar-refractivity contribution < 1.29 is 9.84 Å². The molecule has 0 aromatic carbocycles. The van der Waals surface area contributed by atoms with Crippen LogP contribution in [-0.2, 0) is 18.2 Å². The topological polar surface area (TPSA) is 47.3 Å². The number of aromatic nitrogens is 2. The fourth-order valence-electron chi connectivity index (χ4n) is 2.60. The summed E-state index contributed by atoms with van der Waals surface area (Å²) in [7, 11) is 3.75. The SMILES string of the molecule is COC1CCC(O)(CCc2nccn2C)CC1. The molecule has 4 nitrogen and oxygen atoms in total. The van der Waals surface area contributed by atoms with E-state index in [1.165, 1.54) is 0 Å². The van der Waals surface area contributed by atoms with Gasteiger partial charge in [-0.1, -0.05) is 0 Å². The highest BCUT2D eigenvalue weighted by atomic mass is 16.5. The van der Waals surface area contributed by atoms with Crippen LogP contribution < -0.4 is 0 Å². The van der Waals surface area contributed by atoms with Crippen LogP contribution in [0, 0.1) is 0 Å². The largest absolute Gasteiger partial charge is 0.390 e. The molecule has 1 N–H and O–H groups in total. The van der Waals surface area contributed by atoms with Crippen LogP contribution in [-0.4, -0.2) is 33.5 Å². The Bertz CT molecular complexity index is 354. The monoisotopic (exact) mass is 238 g/mol. The zero-order valence-corrected chi connectivity index (χ0v) is 10.7. The molecule has 1 saturated carbocycles. The lowest BCUT2D eigenvalue weighted by atomic mass is 9.80. The quantitative estimate of drug-likeness (QED) is 0.868. The van der Waals surface area contributed by atoms with Crippen molar-refractivity contribution in [3.63, 3.8) is 0 Å². The first-order chi connectivity index (χ1) is 8.13. The normalized spacial score (nSPS) is 29.5. The van der Waals surface area contributed by atoms with Gasteiger partial charge in [-0.05, 0) is 32.1 Å². The molecule has 0 aliphatic heterocycles. The summed E-state index contributed by atoms with van der Waals surface area (Å²) in [5, 5.41) is 10.5. The molecule has 1 heterocycles. The second-order valence-corrected chi connectivity index (χ2v) is 5.11. The summed E-state index contributed by atoms with van der Waals surface area (Å²) in [5.74, 6) is 1.05. The molecule has 1 fully saturated rings. The van der Waals surface area contributed by atoms with Gasteiger partial charge < -0.3 is 14.4 Å². The molecule has 0 saturated heterocycles. The standard InChI is InChI=1S/C13H22N2O2/c1-15-10-9-14-12(15)5-8-13(16)6-3-11(17-2)4-7-13/h9-11,16H,3-8H2,1-2H3. The van der Waals surface area contributed by atoms with E-state index in [9.17, 15) is 5.11 Å². The summed E-state index contributed by atoms with van der Waals surface area (Å²) in [6.07, 6.45) is 9.35. The number of ether oxygens (including phenoxy) is 1. The van der Waals surface area contributed by atoms with Crippen LogP contribution in [0.25, 0.3) is 0 Å². The van der Waals surface area contributed by atoms with Crippen molar-refractivity contribution in [3.05, 3.63) is 18.2 Å². The van der Waals surface area contributed by atoms with E-state index in [1.807, 2.05) is 17.8 Å². The Morgan fingerprint density at radius 3 is 2.76 bits per heavy atom. The van der Waals surface area contributed by atoms with Gasteiger partial charge in [-0.2, -0.15) is 0 Å². The van der Waals surface area contributed by atoms with Gasteiger partial charge in [0.1, 0.15) is 5.82 Å². The summed E-state index contributed by atoms with van der Waals surface area (Å²) >= 11 is 0. The van der Waals surface area contributed by atoms with Crippen molar-refractivity contribution in [1.82, 2.24) is 9.55 Å². The van der Waals surface area contributed by atoms with Gasteiger partial charge in [0.2, 0.25) is 0 Å². The minimum atomic E-state index is -0.513. The van der Waals surface area contributed by atoms with Crippen LogP contribution in [0.1, 0.15) is 37.9 Å². The highest BCUT2D eigenvalue weighted by molar-refractivity contribution is 4.95. The first kappa shape index (κ1) is 12.6. The van der Waals surface area contributed by atoms with Gasteiger partial charge in [0.15, 0.2) is 0 Å². The minimum Gasteiger partial charge on any atom is -0.390 e. The van der Waals surface area contributed by atoms with Gasteiger partial charge in [0.25, 0.3) is 0 Å². The van der Waals surface area contributed by atoms with Crippen LogP contribution in [0.5, 0.6) is 0 Å². The molecule has 1 aliphatic rings. The fraction of sp³-hybridized carbons (Fsp3) is 0.769. The molecule has 0 radical (unpaired) electrons. The second kappa shape index (κ2) is 5.19. The van der Waals surface area contributed by atoms with Gasteiger partial charge in [0, 0.05) is 33.0 Å². The van der Waals surface area contributed by atoms with Crippen LogP contribution in [0.2, 0.25) is 0 Å². The second-order valence-electron chi connectivity index (χ2n) is 5.11. The maximum Gasteiger partial charge on any atom is 0.108 e. The van der Waals surface area contributed by atoms with E-state index in [2.05, 4.69) is 4.98 Å². The molecule has 1 aromatic heterocycles. The molecular formula is C13H22N2O2. The molecule has 0 atom stereocenters. The highest BCUT2D eigenvalue weighted by Crippen LogP contribution is 2.32. The Morgan fingerprint density at radius 2 is 2.24 bits per heavy atom. The van der Waals surface area contributed by atoms with E-state index < -0.39 is 5.60 Å². The molecule has 2 rings (SSSR count). The third-order valence-corrected chi connectivity index (χ3v) is 3.93. The summed E-state index contributed by atoms with van der Waals surface area (Å²) in [6, 6.07) is 0. The minimum absolute atomic E-state index is 0.337. The van der Waals surface area contributed by atoms with Crippen molar-refractivity contribution in [2.24, 2.45) is 7.05 Å². The van der Waals surface area contributed by atoms with E-state index in [4.69, 9.17) is 4.74 Å². The third kappa shape index (κ3) is 3.07. The van der Waals surface area contributed by atoms with Crippen LogP contribution in [0.15, 0.2) is 12.4 Å². The van der Waals surface area contributed by atoms with Crippen LogP contribution in [0.3, 0.4) is 0 Å². The summed E-state index contributed by atoms with van der Waals surface area (Å²) in [5.41, 5.74) is -0.513. The van der Waals surface area contributed by atoms with Crippen molar-refractivity contribution in [2.75, 3.05) is 7.11 Å². The third-order valence-electron chi connectivity index (χ3n) is 3.93. The van der Waals surface area contributed by atoms with Crippen molar-refractivity contribution in [1.29, 1.82) is 0 Å². The van der Waals surface area contributed by atoms with Crippen molar-refractivity contribution in [3.8, 4) is 0 Å². The molecule has 17 heavy (non-hydrogen) atoms. The molecule has 0 spiro atoms. The number of hydrogen-bond donors (Lipinski definition) is 1. The molecule has 1 aromatic rings. The lowest BCUT2D eigenvalue weighted by Crippen LogP contribution is -2.36. The zero-order chi connectivity index (χ0) is 12.3. The van der Waals surface area contributed by atoms with E-state index in [0.717, 1.165) is 44.3 Å². The van der Waals surface area contributed by atoms with E-state index >= 15 is 0 Å². The maximum absolute atomic E-state index is 10.5. The number of imidazole rings is 1. The molecule has 4 heteroatoms. The first-order valence-corrected chi connectivity index (χ1v) is 6.34. The Balaban J connectivity index is 1.85. The highest BCUT2D eigenvalue weighted by Gasteiger charge is 2.33. The summed E-state index contributed by atoms with van der Waals surface area (Å²) in [4.78, 5) is 4.29. The average molecular weight is 238 g/mol. The van der Waals surface area contributed by atoms with Crippen LogP contribution in [0.4, 0.5) is 0 Å². The van der Waals surface area contributed by atoms with Crippen molar-refractivity contribution >= 4 is 0 Å². The molecule has 0 unspecified atom stereocenters. The Labute approximate surface area is 103 Å². The number of nitrogens with zero attached hydrogens (tertiary/aromatic N) is 2. The lowest BCUT2D eigenvalue weighted by molar-refractivity contribution is -0.0481. The molecule has 1 aliphatic carbocycles. The molecule has 0 bridgehead atoms. The lowest BCUT2D eigenvalue weighted by Gasteiger charge is -2.35. The van der Waals surface area contributed by atoms with Crippen molar-refractivity contribution in [2.45, 2.75) is 50.2 Å². The average Bonchev–Trinajstić information content (AvgIpc) is 2.74. The number of rotatable bonds is 4. The van der Waals surface area contributed by atoms with Gasteiger partial charge in [-0.3, -0.25) is 0 Å². The Hall–Kier alpha value is -0.870. The predicted molar refractivity (Wildman–Crippen MR) is 65.7 cm³/mol. The number of aliphatic hydroxyl groups is 1. The zero-order valence-electron chi connectivity index (χ0n) is 10.7. The van der Waals surface area contributed by atoms with Gasteiger partial charge in [0.05, 0.1) is 11.7 Å². The van der Waals surface area contributed by atoms with E-state index in [1.54, 1.807) is 13.3 Å². The van der Waals surface area contributed by atoms with E-state index in [0.29, 0.717) is 6.10 Å². The number of methoxy groups -OCH3 is 1.